The number of fused-ring (bicyclic) bond motifs is 1. The van der Waals surface area contributed by atoms with Crippen LogP contribution in [0.1, 0.15) is 39.0 Å². The molecule has 1 atom stereocenters. The molecule has 1 aliphatic rings. The predicted octanol–water partition coefficient (Wildman–Crippen LogP) is 3.90. The Hall–Kier alpha value is -3.77. The van der Waals surface area contributed by atoms with Crippen molar-refractivity contribution in [3.05, 3.63) is 120 Å². The van der Waals surface area contributed by atoms with Crippen molar-refractivity contribution in [2.75, 3.05) is 19.6 Å². The zero-order chi connectivity index (χ0) is 23.2. The van der Waals surface area contributed by atoms with Crippen molar-refractivity contribution in [2.24, 2.45) is 0 Å². The Labute approximate surface area is 200 Å². The van der Waals surface area contributed by atoms with Gasteiger partial charge in [0.1, 0.15) is 11.5 Å². The van der Waals surface area contributed by atoms with Gasteiger partial charge in [-0.1, -0.05) is 66.7 Å². The number of nitrogens with one attached hydrogen (secondary N) is 1. The lowest BCUT2D eigenvalue weighted by molar-refractivity contribution is 0.0949. The quantitative estimate of drug-likeness (QED) is 0.441. The van der Waals surface area contributed by atoms with E-state index in [-0.39, 0.29) is 11.9 Å². The lowest BCUT2D eigenvalue weighted by Gasteiger charge is -2.36. The van der Waals surface area contributed by atoms with Crippen molar-refractivity contribution in [1.82, 2.24) is 24.8 Å². The standard InChI is InChI=1S/C28H29N5O/c34-28(30-16-13-22-8-3-1-4-9-22)25-21-33-19-18-32(17-14-23-10-7-15-29-20-23)26(27(33)31-25)24-11-5-2-6-12-24/h1-12,15,20-21,26H,13-14,16-19H2,(H,30,34). The van der Waals surface area contributed by atoms with Gasteiger partial charge in [0.15, 0.2) is 0 Å². The number of carbonyl (C=O) groups excluding carboxylic acids is 1. The number of imidazole rings is 1. The largest absolute Gasteiger partial charge is 0.350 e. The van der Waals surface area contributed by atoms with Crippen LogP contribution in [0.2, 0.25) is 0 Å². The van der Waals surface area contributed by atoms with E-state index in [2.05, 4.69) is 62.2 Å². The Bertz CT molecular complexity index is 1210. The smallest absolute Gasteiger partial charge is 0.271 e. The molecule has 172 valence electrons. The summed E-state index contributed by atoms with van der Waals surface area (Å²) in [5, 5.41) is 3.03. The molecule has 4 aromatic rings. The maximum Gasteiger partial charge on any atom is 0.271 e. The number of nitrogens with zero attached hydrogens (tertiary/aromatic N) is 4. The number of rotatable bonds is 8. The predicted molar refractivity (Wildman–Crippen MR) is 133 cm³/mol. The number of hydrogen-bond donors (Lipinski definition) is 1. The van der Waals surface area contributed by atoms with E-state index < -0.39 is 0 Å². The molecule has 34 heavy (non-hydrogen) atoms. The molecule has 0 aliphatic carbocycles. The monoisotopic (exact) mass is 451 g/mol. The molecule has 2 aromatic carbocycles. The van der Waals surface area contributed by atoms with Crippen LogP contribution in [-0.2, 0) is 19.4 Å². The zero-order valence-corrected chi connectivity index (χ0v) is 19.2. The molecule has 1 amide bonds. The summed E-state index contributed by atoms with van der Waals surface area (Å²) in [6.07, 6.45) is 7.36. The highest BCUT2D eigenvalue weighted by Crippen LogP contribution is 2.31. The Morgan fingerprint density at radius 3 is 2.44 bits per heavy atom. The highest BCUT2D eigenvalue weighted by atomic mass is 16.1. The first-order chi connectivity index (χ1) is 16.8. The van der Waals surface area contributed by atoms with Crippen LogP contribution < -0.4 is 5.32 Å². The fourth-order valence-electron chi connectivity index (χ4n) is 4.58. The van der Waals surface area contributed by atoms with Crippen LogP contribution in [0.25, 0.3) is 0 Å². The number of aromatic nitrogens is 3. The van der Waals surface area contributed by atoms with E-state index in [0.29, 0.717) is 12.2 Å². The Morgan fingerprint density at radius 2 is 1.68 bits per heavy atom. The molecule has 0 bridgehead atoms. The molecule has 2 aromatic heterocycles. The Morgan fingerprint density at radius 1 is 0.912 bits per heavy atom. The molecule has 0 saturated carbocycles. The van der Waals surface area contributed by atoms with Crippen molar-refractivity contribution in [3.63, 3.8) is 0 Å². The summed E-state index contributed by atoms with van der Waals surface area (Å²) in [6.45, 7) is 3.20. The van der Waals surface area contributed by atoms with Gasteiger partial charge in [-0.3, -0.25) is 14.7 Å². The summed E-state index contributed by atoms with van der Waals surface area (Å²) in [5.41, 5.74) is 4.11. The van der Waals surface area contributed by atoms with E-state index in [9.17, 15) is 4.79 Å². The van der Waals surface area contributed by atoms with Crippen LogP contribution >= 0.6 is 0 Å². The van der Waals surface area contributed by atoms with E-state index in [1.165, 1.54) is 16.7 Å². The first-order valence-electron chi connectivity index (χ1n) is 11.8. The van der Waals surface area contributed by atoms with Gasteiger partial charge in [0.25, 0.3) is 5.91 Å². The van der Waals surface area contributed by atoms with E-state index in [0.717, 1.165) is 38.3 Å². The van der Waals surface area contributed by atoms with Gasteiger partial charge < -0.3 is 9.88 Å². The van der Waals surface area contributed by atoms with Gasteiger partial charge in [0.05, 0.1) is 6.04 Å². The van der Waals surface area contributed by atoms with E-state index in [1.54, 1.807) is 6.20 Å². The van der Waals surface area contributed by atoms with Gasteiger partial charge in [-0.15, -0.1) is 0 Å². The van der Waals surface area contributed by atoms with Crippen molar-refractivity contribution >= 4 is 5.91 Å². The number of carbonyl (C=O) groups is 1. The third-order valence-corrected chi connectivity index (χ3v) is 6.35. The summed E-state index contributed by atoms with van der Waals surface area (Å²) in [6, 6.07) is 24.7. The average molecular weight is 452 g/mol. The second-order valence-electron chi connectivity index (χ2n) is 8.63. The molecular formula is C28H29N5O. The van der Waals surface area contributed by atoms with Crippen molar-refractivity contribution in [3.8, 4) is 0 Å². The van der Waals surface area contributed by atoms with Crippen LogP contribution in [0.5, 0.6) is 0 Å². The Balaban J connectivity index is 1.33. The molecular weight excluding hydrogens is 422 g/mol. The van der Waals surface area contributed by atoms with Gasteiger partial charge in [-0.2, -0.15) is 0 Å². The third kappa shape index (κ3) is 5.07. The van der Waals surface area contributed by atoms with Crippen LogP contribution in [0, 0.1) is 0 Å². The van der Waals surface area contributed by atoms with Gasteiger partial charge in [-0.25, -0.2) is 4.98 Å². The molecule has 5 rings (SSSR count). The first-order valence-corrected chi connectivity index (χ1v) is 11.8. The van der Waals surface area contributed by atoms with Crippen molar-refractivity contribution < 1.29 is 4.79 Å². The fraction of sp³-hybridized carbons (Fsp3) is 0.250. The van der Waals surface area contributed by atoms with Crippen LogP contribution in [0.15, 0.2) is 91.4 Å². The van der Waals surface area contributed by atoms with Crippen LogP contribution in [-0.4, -0.2) is 45.0 Å². The highest BCUT2D eigenvalue weighted by molar-refractivity contribution is 5.92. The second-order valence-corrected chi connectivity index (χ2v) is 8.63. The average Bonchev–Trinajstić information content (AvgIpc) is 3.33. The lowest BCUT2D eigenvalue weighted by Crippen LogP contribution is -2.40. The van der Waals surface area contributed by atoms with Crippen molar-refractivity contribution in [2.45, 2.75) is 25.4 Å². The van der Waals surface area contributed by atoms with Crippen molar-refractivity contribution in [1.29, 1.82) is 0 Å². The number of hydrogen-bond acceptors (Lipinski definition) is 4. The highest BCUT2D eigenvalue weighted by Gasteiger charge is 2.31. The van der Waals surface area contributed by atoms with Gasteiger partial charge in [0.2, 0.25) is 0 Å². The normalized spacial score (nSPS) is 15.6. The Kier molecular flexibility index (Phi) is 6.77. The fourth-order valence-corrected chi connectivity index (χ4v) is 4.58. The molecule has 6 heteroatoms. The molecule has 1 aliphatic heterocycles. The minimum atomic E-state index is -0.119. The van der Waals surface area contributed by atoms with E-state index in [4.69, 9.17) is 4.98 Å². The molecule has 0 radical (unpaired) electrons. The molecule has 1 N–H and O–H groups in total. The maximum absolute atomic E-state index is 12.9. The third-order valence-electron chi connectivity index (χ3n) is 6.35. The minimum absolute atomic E-state index is 0.0116. The molecule has 0 spiro atoms. The van der Waals surface area contributed by atoms with Crippen LogP contribution in [0.3, 0.4) is 0 Å². The molecule has 0 fully saturated rings. The molecule has 3 heterocycles. The van der Waals surface area contributed by atoms with Gasteiger partial charge >= 0.3 is 0 Å². The topological polar surface area (TPSA) is 63.1 Å². The summed E-state index contributed by atoms with van der Waals surface area (Å²) in [7, 11) is 0. The number of amides is 1. The zero-order valence-electron chi connectivity index (χ0n) is 19.2. The second kappa shape index (κ2) is 10.4. The summed E-state index contributed by atoms with van der Waals surface area (Å²) in [4.78, 5) is 24.4. The van der Waals surface area contributed by atoms with E-state index >= 15 is 0 Å². The molecule has 6 nitrogen and oxygen atoms in total. The summed E-state index contributed by atoms with van der Waals surface area (Å²) in [5.74, 6) is 0.809. The molecule has 1 unspecified atom stereocenters. The first kappa shape index (κ1) is 22.0. The summed E-state index contributed by atoms with van der Waals surface area (Å²) < 4.78 is 2.14. The molecule has 0 saturated heterocycles. The number of benzene rings is 2. The number of pyridine rings is 1. The minimum Gasteiger partial charge on any atom is -0.350 e. The SMILES string of the molecule is O=C(NCCc1ccccc1)c1cn2c(n1)C(c1ccccc1)N(CCc1cccnc1)CC2. The van der Waals surface area contributed by atoms with Gasteiger partial charge in [-0.05, 0) is 35.6 Å². The van der Waals surface area contributed by atoms with E-state index in [1.807, 2.05) is 42.7 Å². The van der Waals surface area contributed by atoms with Gasteiger partial charge in [0, 0.05) is 44.8 Å². The lowest BCUT2D eigenvalue weighted by atomic mass is 10.0. The van der Waals surface area contributed by atoms with Crippen LogP contribution in [0.4, 0.5) is 0 Å². The maximum atomic E-state index is 12.9. The summed E-state index contributed by atoms with van der Waals surface area (Å²) >= 11 is 0.